The Balaban J connectivity index is 1.42. The van der Waals surface area contributed by atoms with E-state index in [2.05, 4.69) is 15.5 Å². The molecule has 0 bridgehead atoms. The van der Waals surface area contributed by atoms with Crippen molar-refractivity contribution in [3.8, 4) is 11.4 Å². The van der Waals surface area contributed by atoms with Gasteiger partial charge in [-0.2, -0.15) is 0 Å². The van der Waals surface area contributed by atoms with Crippen molar-refractivity contribution in [2.75, 3.05) is 11.1 Å². The van der Waals surface area contributed by atoms with Crippen LogP contribution >= 0.6 is 11.8 Å². The molecule has 2 aromatic carbocycles. The summed E-state index contributed by atoms with van der Waals surface area (Å²) in [6.07, 6.45) is 2.45. The maximum Gasteiger partial charge on any atom is 0.225 e. The van der Waals surface area contributed by atoms with Crippen LogP contribution in [0.1, 0.15) is 25.3 Å². The summed E-state index contributed by atoms with van der Waals surface area (Å²) in [7, 11) is 0. The average Bonchev–Trinajstić information content (AvgIpc) is 3.43. The lowest BCUT2D eigenvalue weighted by Gasteiger charge is -2.09. The number of nitrogens with one attached hydrogen (secondary N) is 1. The number of para-hydroxylation sites is 1. The fourth-order valence-electron chi connectivity index (χ4n) is 2.84. The van der Waals surface area contributed by atoms with Crippen LogP contribution in [0.2, 0.25) is 0 Å². The Bertz CT molecular complexity index is 940. The number of benzene rings is 2. The highest BCUT2D eigenvalue weighted by atomic mass is 32.2. The number of rotatable bonds is 7. The first-order valence-electron chi connectivity index (χ1n) is 8.90. The van der Waals surface area contributed by atoms with Gasteiger partial charge in [0.25, 0.3) is 0 Å². The van der Waals surface area contributed by atoms with E-state index >= 15 is 0 Å². The zero-order valence-corrected chi connectivity index (χ0v) is 15.5. The zero-order chi connectivity index (χ0) is 18.6. The summed E-state index contributed by atoms with van der Waals surface area (Å²) in [5, 5.41) is 12.1. The number of carbonyl (C=O) groups is 1. The molecule has 1 fully saturated rings. The monoisotopic (exact) mass is 382 g/mol. The van der Waals surface area contributed by atoms with Crippen molar-refractivity contribution in [2.45, 2.75) is 30.5 Å². The van der Waals surface area contributed by atoms with Gasteiger partial charge >= 0.3 is 0 Å². The standard InChI is InChI=1S/C20H19FN4OS/c21-17-9-5-4-8-16(17)19-23-24-20(25(19)15-10-11-15)27-13-12-18(26)22-14-6-2-1-3-7-14/h1-9,15H,10-13H2,(H,22,26). The largest absolute Gasteiger partial charge is 0.326 e. The van der Waals surface area contributed by atoms with Crippen LogP contribution in [0.5, 0.6) is 0 Å². The second-order valence-corrected chi connectivity index (χ2v) is 7.46. The molecular formula is C20H19FN4OS. The SMILES string of the molecule is O=C(CCSc1nnc(-c2ccccc2F)n1C1CC1)Nc1ccccc1. The van der Waals surface area contributed by atoms with Gasteiger partial charge in [0.05, 0.1) is 5.56 Å². The quantitative estimate of drug-likeness (QED) is 0.610. The van der Waals surface area contributed by atoms with Crippen LogP contribution in [0, 0.1) is 5.82 Å². The third-order valence-electron chi connectivity index (χ3n) is 4.31. The van der Waals surface area contributed by atoms with Gasteiger partial charge in [0.2, 0.25) is 5.91 Å². The van der Waals surface area contributed by atoms with E-state index in [0.29, 0.717) is 29.6 Å². The Kier molecular flexibility index (Phi) is 5.20. The molecular weight excluding hydrogens is 363 g/mol. The van der Waals surface area contributed by atoms with Crippen molar-refractivity contribution in [3.63, 3.8) is 0 Å². The third kappa shape index (κ3) is 4.19. The molecule has 7 heteroatoms. The lowest BCUT2D eigenvalue weighted by molar-refractivity contribution is -0.115. The zero-order valence-electron chi connectivity index (χ0n) is 14.6. The van der Waals surface area contributed by atoms with Crippen LogP contribution in [0.15, 0.2) is 59.8 Å². The minimum atomic E-state index is -0.300. The van der Waals surface area contributed by atoms with Crippen molar-refractivity contribution < 1.29 is 9.18 Å². The van der Waals surface area contributed by atoms with E-state index in [4.69, 9.17) is 0 Å². The second kappa shape index (κ2) is 7.92. The number of hydrogen-bond acceptors (Lipinski definition) is 4. The molecule has 0 radical (unpaired) electrons. The summed E-state index contributed by atoms with van der Waals surface area (Å²) < 4.78 is 16.2. The summed E-state index contributed by atoms with van der Waals surface area (Å²) in [4.78, 5) is 12.1. The molecule has 1 amide bonds. The van der Waals surface area contributed by atoms with Gasteiger partial charge in [-0.25, -0.2) is 4.39 Å². The first-order chi connectivity index (χ1) is 13.2. The van der Waals surface area contributed by atoms with Crippen LogP contribution in [-0.4, -0.2) is 26.4 Å². The number of amides is 1. The molecule has 0 atom stereocenters. The average molecular weight is 382 g/mol. The molecule has 0 unspecified atom stereocenters. The summed E-state index contributed by atoms with van der Waals surface area (Å²) in [6, 6.07) is 16.3. The maximum absolute atomic E-state index is 14.2. The number of aromatic nitrogens is 3. The van der Waals surface area contributed by atoms with Crippen LogP contribution in [-0.2, 0) is 4.79 Å². The molecule has 27 heavy (non-hydrogen) atoms. The van der Waals surface area contributed by atoms with Crippen LogP contribution in [0.25, 0.3) is 11.4 Å². The molecule has 5 nitrogen and oxygen atoms in total. The molecule has 1 aromatic heterocycles. The van der Waals surface area contributed by atoms with Gasteiger partial charge in [0.15, 0.2) is 11.0 Å². The summed E-state index contributed by atoms with van der Waals surface area (Å²) in [5.41, 5.74) is 1.25. The normalized spacial score (nSPS) is 13.5. The number of thioether (sulfide) groups is 1. The molecule has 1 N–H and O–H groups in total. The number of halogens is 1. The number of anilines is 1. The second-order valence-electron chi connectivity index (χ2n) is 6.40. The molecule has 1 saturated carbocycles. The first-order valence-corrected chi connectivity index (χ1v) is 9.88. The summed E-state index contributed by atoms with van der Waals surface area (Å²) in [6.45, 7) is 0. The summed E-state index contributed by atoms with van der Waals surface area (Å²) in [5.74, 6) is 0.804. The minimum Gasteiger partial charge on any atom is -0.326 e. The van der Waals surface area contributed by atoms with E-state index in [1.807, 2.05) is 34.9 Å². The van der Waals surface area contributed by atoms with E-state index in [1.165, 1.54) is 17.8 Å². The topological polar surface area (TPSA) is 59.8 Å². The number of nitrogens with zero attached hydrogens (tertiary/aromatic N) is 3. The maximum atomic E-state index is 14.2. The molecule has 0 saturated heterocycles. The predicted octanol–water partition coefficient (Wildman–Crippen LogP) is 4.54. The van der Waals surface area contributed by atoms with Gasteiger partial charge in [-0.05, 0) is 37.1 Å². The summed E-state index contributed by atoms with van der Waals surface area (Å²) >= 11 is 1.48. The van der Waals surface area contributed by atoms with Gasteiger partial charge in [0, 0.05) is 23.9 Å². The van der Waals surface area contributed by atoms with Gasteiger partial charge in [-0.15, -0.1) is 10.2 Å². The first kappa shape index (κ1) is 17.7. The van der Waals surface area contributed by atoms with Crippen LogP contribution < -0.4 is 5.32 Å². The van der Waals surface area contributed by atoms with E-state index < -0.39 is 0 Å². The Hall–Kier alpha value is -2.67. The van der Waals surface area contributed by atoms with Gasteiger partial charge < -0.3 is 5.32 Å². The fraction of sp³-hybridized carbons (Fsp3) is 0.250. The van der Waals surface area contributed by atoms with E-state index in [0.717, 1.165) is 23.7 Å². The molecule has 1 aliphatic rings. The third-order valence-corrected chi connectivity index (χ3v) is 5.25. The Labute approximate surface area is 161 Å². The smallest absolute Gasteiger partial charge is 0.225 e. The molecule has 3 aromatic rings. The van der Waals surface area contributed by atoms with E-state index in [9.17, 15) is 9.18 Å². The van der Waals surface area contributed by atoms with Crippen molar-refractivity contribution >= 4 is 23.4 Å². The molecule has 1 aliphatic carbocycles. The lowest BCUT2D eigenvalue weighted by atomic mass is 10.2. The molecule has 0 spiro atoms. The van der Waals surface area contributed by atoms with Gasteiger partial charge in [-0.3, -0.25) is 9.36 Å². The van der Waals surface area contributed by atoms with Crippen molar-refractivity contribution in [1.29, 1.82) is 0 Å². The predicted molar refractivity (Wildman–Crippen MR) is 104 cm³/mol. The highest BCUT2D eigenvalue weighted by Crippen LogP contribution is 2.41. The van der Waals surface area contributed by atoms with E-state index in [1.54, 1.807) is 18.2 Å². The number of carbonyl (C=O) groups excluding carboxylic acids is 1. The van der Waals surface area contributed by atoms with Crippen molar-refractivity contribution in [1.82, 2.24) is 14.8 Å². The van der Waals surface area contributed by atoms with Gasteiger partial charge in [0.1, 0.15) is 5.82 Å². The van der Waals surface area contributed by atoms with Gasteiger partial charge in [-0.1, -0.05) is 42.1 Å². The molecule has 0 aliphatic heterocycles. The fourth-order valence-corrected chi connectivity index (χ4v) is 3.79. The molecule has 138 valence electrons. The van der Waals surface area contributed by atoms with Crippen molar-refractivity contribution in [2.24, 2.45) is 0 Å². The van der Waals surface area contributed by atoms with Crippen molar-refractivity contribution in [3.05, 3.63) is 60.4 Å². The highest BCUT2D eigenvalue weighted by Gasteiger charge is 2.30. The Morgan fingerprint density at radius 3 is 2.59 bits per heavy atom. The molecule has 1 heterocycles. The van der Waals surface area contributed by atoms with E-state index in [-0.39, 0.29) is 11.7 Å². The highest BCUT2D eigenvalue weighted by molar-refractivity contribution is 7.99. The Morgan fingerprint density at radius 1 is 1.11 bits per heavy atom. The van der Waals surface area contributed by atoms with Crippen LogP contribution in [0.4, 0.5) is 10.1 Å². The minimum absolute atomic E-state index is 0.0412. The lowest BCUT2D eigenvalue weighted by Crippen LogP contribution is -2.12. The molecule has 4 rings (SSSR count). The number of hydrogen-bond donors (Lipinski definition) is 1. The Morgan fingerprint density at radius 2 is 1.85 bits per heavy atom. The van der Waals surface area contributed by atoms with Crippen LogP contribution in [0.3, 0.4) is 0 Å².